The van der Waals surface area contributed by atoms with Crippen LogP contribution < -0.4 is 10.2 Å². The van der Waals surface area contributed by atoms with E-state index in [9.17, 15) is 0 Å². The van der Waals surface area contributed by atoms with Crippen LogP contribution in [0, 0.1) is 0 Å². The van der Waals surface area contributed by atoms with E-state index < -0.39 is 0 Å². The first-order valence-electron chi connectivity index (χ1n) is 4.88. The summed E-state index contributed by atoms with van der Waals surface area (Å²) in [5, 5.41) is 0. The van der Waals surface area contributed by atoms with E-state index in [1.54, 1.807) is 0 Å². The Bertz CT molecular complexity index is 412. The Morgan fingerprint density at radius 3 is 2.80 bits per heavy atom. The fraction of sp³-hybridized carbons (Fsp3) is 0.182. The number of hydrogen-bond acceptors (Lipinski definition) is 3. The lowest BCUT2D eigenvalue weighted by Crippen LogP contribution is -2.07. The molecule has 2 heterocycles. The van der Waals surface area contributed by atoms with Crippen LogP contribution in [-0.2, 0) is 0 Å². The van der Waals surface area contributed by atoms with Crippen molar-refractivity contribution in [2.45, 2.75) is 6.92 Å². The van der Waals surface area contributed by atoms with Crippen LogP contribution in [0.15, 0.2) is 42.7 Å². The molecular weight excluding hydrogens is 190 g/mol. The topological polar surface area (TPSA) is 39.1 Å². The standard InChI is InChI=1S/C11H13N3O/c1-2-15-11-7-5-6-10(12-11)13-14-8-3-4-9-14/h3-9H,2H2,1H3,(H,12,13). The molecule has 0 amide bonds. The van der Waals surface area contributed by atoms with Crippen molar-refractivity contribution in [3.8, 4) is 5.88 Å². The van der Waals surface area contributed by atoms with Crippen LogP contribution in [0.5, 0.6) is 5.88 Å². The Hall–Kier alpha value is -1.97. The van der Waals surface area contributed by atoms with E-state index in [1.807, 2.05) is 54.3 Å². The fourth-order valence-corrected chi connectivity index (χ4v) is 1.25. The van der Waals surface area contributed by atoms with Crippen molar-refractivity contribution in [1.82, 2.24) is 9.66 Å². The van der Waals surface area contributed by atoms with Gasteiger partial charge in [-0.1, -0.05) is 6.07 Å². The monoisotopic (exact) mass is 203 g/mol. The van der Waals surface area contributed by atoms with E-state index >= 15 is 0 Å². The summed E-state index contributed by atoms with van der Waals surface area (Å²) < 4.78 is 7.14. The number of nitrogens with zero attached hydrogens (tertiary/aromatic N) is 2. The smallest absolute Gasteiger partial charge is 0.215 e. The zero-order valence-corrected chi connectivity index (χ0v) is 8.55. The zero-order valence-electron chi connectivity index (χ0n) is 8.55. The highest BCUT2D eigenvalue weighted by Crippen LogP contribution is 2.11. The van der Waals surface area contributed by atoms with Crippen LogP contribution >= 0.6 is 0 Å². The maximum Gasteiger partial charge on any atom is 0.215 e. The Morgan fingerprint density at radius 1 is 1.27 bits per heavy atom. The predicted molar refractivity (Wildman–Crippen MR) is 58.9 cm³/mol. The number of nitrogens with one attached hydrogen (secondary N) is 1. The quantitative estimate of drug-likeness (QED) is 0.827. The van der Waals surface area contributed by atoms with Gasteiger partial charge >= 0.3 is 0 Å². The van der Waals surface area contributed by atoms with E-state index in [0.29, 0.717) is 12.5 Å². The molecule has 15 heavy (non-hydrogen) atoms. The van der Waals surface area contributed by atoms with Crippen LogP contribution in [0.2, 0.25) is 0 Å². The van der Waals surface area contributed by atoms with Crippen LogP contribution in [-0.4, -0.2) is 16.3 Å². The van der Waals surface area contributed by atoms with Crippen molar-refractivity contribution in [3.63, 3.8) is 0 Å². The molecular formula is C11H13N3O. The minimum Gasteiger partial charge on any atom is -0.478 e. The second-order valence-electron chi connectivity index (χ2n) is 3.00. The maximum atomic E-state index is 5.31. The third-order valence-corrected chi connectivity index (χ3v) is 1.86. The van der Waals surface area contributed by atoms with Crippen molar-refractivity contribution in [2.24, 2.45) is 0 Å². The summed E-state index contributed by atoms with van der Waals surface area (Å²) in [4.78, 5) is 4.28. The van der Waals surface area contributed by atoms with Crippen molar-refractivity contribution >= 4 is 5.82 Å². The molecule has 78 valence electrons. The van der Waals surface area contributed by atoms with Crippen molar-refractivity contribution in [2.75, 3.05) is 12.0 Å². The predicted octanol–water partition coefficient (Wildman–Crippen LogP) is 2.16. The molecule has 0 radical (unpaired) electrons. The van der Waals surface area contributed by atoms with Gasteiger partial charge < -0.3 is 4.74 Å². The SMILES string of the molecule is CCOc1cccc(Nn2cccc2)n1. The van der Waals surface area contributed by atoms with Gasteiger partial charge in [0.25, 0.3) is 0 Å². The largest absolute Gasteiger partial charge is 0.478 e. The summed E-state index contributed by atoms with van der Waals surface area (Å²) in [6, 6.07) is 9.52. The van der Waals surface area contributed by atoms with Gasteiger partial charge in [-0.15, -0.1) is 0 Å². The molecule has 2 aromatic rings. The van der Waals surface area contributed by atoms with Gasteiger partial charge in [-0.25, -0.2) is 0 Å². The highest BCUT2D eigenvalue weighted by Gasteiger charge is 1.97. The average Bonchev–Trinajstić information content (AvgIpc) is 2.71. The maximum absolute atomic E-state index is 5.31. The molecule has 1 N–H and O–H groups in total. The lowest BCUT2D eigenvalue weighted by molar-refractivity contribution is 0.327. The molecule has 0 spiro atoms. The summed E-state index contributed by atoms with van der Waals surface area (Å²) in [6.07, 6.45) is 3.82. The van der Waals surface area contributed by atoms with E-state index in [4.69, 9.17) is 4.74 Å². The van der Waals surface area contributed by atoms with E-state index in [1.165, 1.54) is 0 Å². The first-order valence-corrected chi connectivity index (χ1v) is 4.88. The van der Waals surface area contributed by atoms with Crippen molar-refractivity contribution in [1.29, 1.82) is 0 Å². The average molecular weight is 203 g/mol. The zero-order chi connectivity index (χ0) is 10.5. The van der Waals surface area contributed by atoms with Gasteiger partial charge in [-0.3, -0.25) is 10.1 Å². The van der Waals surface area contributed by atoms with E-state index in [0.717, 1.165) is 5.82 Å². The summed E-state index contributed by atoms with van der Waals surface area (Å²) in [6.45, 7) is 2.56. The van der Waals surface area contributed by atoms with Crippen molar-refractivity contribution in [3.05, 3.63) is 42.7 Å². The third-order valence-electron chi connectivity index (χ3n) is 1.86. The molecule has 2 rings (SSSR count). The molecule has 0 aliphatic heterocycles. The second kappa shape index (κ2) is 4.50. The molecule has 0 aliphatic carbocycles. The number of anilines is 1. The Kier molecular flexibility index (Phi) is 2.88. The van der Waals surface area contributed by atoms with Gasteiger partial charge in [-0.05, 0) is 25.1 Å². The summed E-state index contributed by atoms with van der Waals surface area (Å²) in [5.74, 6) is 1.40. The highest BCUT2D eigenvalue weighted by molar-refractivity contribution is 5.36. The van der Waals surface area contributed by atoms with Crippen LogP contribution in [0.4, 0.5) is 5.82 Å². The van der Waals surface area contributed by atoms with Crippen molar-refractivity contribution < 1.29 is 4.74 Å². The molecule has 4 nitrogen and oxygen atoms in total. The van der Waals surface area contributed by atoms with Gasteiger partial charge in [-0.2, -0.15) is 4.98 Å². The Balaban J connectivity index is 2.11. The van der Waals surface area contributed by atoms with Gasteiger partial charge in [0.15, 0.2) is 0 Å². The van der Waals surface area contributed by atoms with E-state index in [2.05, 4.69) is 10.4 Å². The molecule has 0 aromatic carbocycles. The molecule has 2 aromatic heterocycles. The molecule has 4 heteroatoms. The number of aromatic nitrogens is 2. The number of ether oxygens (including phenoxy) is 1. The molecule has 0 saturated heterocycles. The van der Waals surface area contributed by atoms with Crippen LogP contribution in [0.25, 0.3) is 0 Å². The lowest BCUT2D eigenvalue weighted by atomic mass is 10.4. The molecule has 0 unspecified atom stereocenters. The van der Waals surface area contributed by atoms with E-state index in [-0.39, 0.29) is 0 Å². The fourth-order valence-electron chi connectivity index (χ4n) is 1.25. The van der Waals surface area contributed by atoms with Gasteiger partial charge in [0, 0.05) is 18.5 Å². The van der Waals surface area contributed by atoms with Crippen LogP contribution in [0.3, 0.4) is 0 Å². The van der Waals surface area contributed by atoms with Crippen LogP contribution in [0.1, 0.15) is 6.92 Å². The minimum absolute atomic E-state index is 0.625. The minimum atomic E-state index is 0.625. The summed E-state index contributed by atoms with van der Waals surface area (Å²) in [5.41, 5.74) is 3.11. The Morgan fingerprint density at radius 2 is 2.07 bits per heavy atom. The first-order chi connectivity index (χ1) is 7.38. The number of pyridine rings is 1. The van der Waals surface area contributed by atoms with Gasteiger partial charge in [0.05, 0.1) is 6.61 Å². The third kappa shape index (κ3) is 2.49. The molecule has 0 saturated carbocycles. The Labute approximate surface area is 88.5 Å². The normalized spacial score (nSPS) is 9.93. The summed E-state index contributed by atoms with van der Waals surface area (Å²) in [7, 11) is 0. The second-order valence-corrected chi connectivity index (χ2v) is 3.00. The molecule has 0 atom stereocenters. The van der Waals surface area contributed by atoms with Gasteiger partial charge in [0.2, 0.25) is 5.88 Å². The molecule has 0 fully saturated rings. The molecule has 0 aliphatic rings. The summed E-state index contributed by atoms with van der Waals surface area (Å²) >= 11 is 0. The highest BCUT2D eigenvalue weighted by atomic mass is 16.5. The van der Waals surface area contributed by atoms with Gasteiger partial charge in [0.1, 0.15) is 5.82 Å². The first kappa shape index (κ1) is 9.58. The molecule has 0 bridgehead atoms. The number of rotatable bonds is 4. The lowest BCUT2D eigenvalue weighted by Gasteiger charge is -2.08. The number of hydrogen-bond donors (Lipinski definition) is 1.